The molecule has 8 heteroatoms. The number of carbonyl (C=O) groups is 1. The fourth-order valence-electron chi connectivity index (χ4n) is 2.74. The lowest BCUT2D eigenvalue weighted by molar-refractivity contribution is -0.129. The van der Waals surface area contributed by atoms with Crippen LogP contribution >= 0.6 is 45.8 Å². The van der Waals surface area contributed by atoms with Crippen molar-refractivity contribution in [1.29, 1.82) is 0 Å². The molecule has 1 aliphatic heterocycles. The highest BCUT2D eigenvalue weighted by atomic mass is 127. The first kappa shape index (κ1) is 22.9. The van der Waals surface area contributed by atoms with Gasteiger partial charge in [-0.2, -0.15) is 0 Å². The molecule has 0 bridgehead atoms. The van der Waals surface area contributed by atoms with E-state index < -0.39 is 5.97 Å². The summed E-state index contributed by atoms with van der Waals surface area (Å²) in [5.74, 6) is 0.933. The summed E-state index contributed by atoms with van der Waals surface area (Å²) >= 11 is 14.3. The number of benzene rings is 2. The maximum atomic E-state index is 12.3. The standard InChI is InChI=1S/C22H20Cl2INO4/c1-3-5-8-29-20-17(25)9-13(11-19(20)28-4-2)10-18-22(27)30-21(26-18)15-7-6-14(23)12-16(15)24/h6-7,9-12H,3-5,8H2,1-2H3/b18-10-. The molecule has 1 aliphatic rings. The van der Waals surface area contributed by atoms with E-state index in [2.05, 4.69) is 34.5 Å². The van der Waals surface area contributed by atoms with Crippen LogP contribution in [-0.2, 0) is 9.53 Å². The largest absolute Gasteiger partial charge is 0.490 e. The monoisotopic (exact) mass is 559 g/mol. The molecule has 5 nitrogen and oxygen atoms in total. The first-order valence-electron chi connectivity index (χ1n) is 9.50. The molecule has 1 heterocycles. The zero-order valence-corrected chi connectivity index (χ0v) is 20.2. The Labute approximate surface area is 199 Å². The molecule has 0 aromatic heterocycles. The molecule has 0 aliphatic carbocycles. The van der Waals surface area contributed by atoms with Gasteiger partial charge >= 0.3 is 5.97 Å². The van der Waals surface area contributed by atoms with Crippen LogP contribution in [0.25, 0.3) is 6.08 Å². The van der Waals surface area contributed by atoms with Crippen LogP contribution in [0.1, 0.15) is 37.8 Å². The van der Waals surface area contributed by atoms with E-state index in [0.29, 0.717) is 40.3 Å². The van der Waals surface area contributed by atoms with Crippen molar-refractivity contribution in [3.8, 4) is 11.5 Å². The van der Waals surface area contributed by atoms with Gasteiger partial charge in [0.15, 0.2) is 17.2 Å². The first-order chi connectivity index (χ1) is 14.4. The van der Waals surface area contributed by atoms with Gasteiger partial charge < -0.3 is 14.2 Å². The van der Waals surface area contributed by atoms with Gasteiger partial charge in [-0.3, -0.25) is 0 Å². The van der Waals surface area contributed by atoms with E-state index in [-0.39, 0.29) is 11.6 Å². The van der Waals surface area contributed by atoms with Gasteiger partial charge in [-0.1, -0.05) is 36.5 Å². The van der Waals surface area contributed by atoms with Gasteiger partial charge in [-0.15, -0.1) is 0 Å². The molecule has 0 N–H and O–H groups in total. The Morgan fingerprint density at radius 1 is 1.17 bits per heavy atom. The number of aliphatic imine (C=N–C) groups is 1. The number of hydrogen-bond donors (Lipinski definition) is 0. The van der Waals surface area contributed by atoms with Crippen LogP contribution in [0.15, 0.2) is 41.0 Å². The van der Waals surface area contributed by atoms with Crippen molar-refractivity contribution in [2.45, 2.75) is 26.7 Å². The molecule has 0 atom stereocenters. The second-order valence-electron chi connectivity index (χ2n) is 6.43. The smallest absolute Gasteiger partial charge is 0.363 e. The Morgan fingerprint density at radius 2 is 1.97 bits per heavy atom. The third kappa shape index (κ3) is 5.47. The number of carbonyl (C=O) groups excluding carboxylic acids is 1. The minimum Gasteiger partial charge on any atom is -0.490 e. The first-order valence-corrected chi connectivity index (χ1v) is 11.3. The SMILES string of the molecule is CCCCOc1c(I)cc(/C=C2\N=C(c3ccc(Cl)cc3Cl)OC2=O)cc1OCC. The van der Waals surface area contributed by atoms with E-state index in [1.807, 2.05) is 19.1 Å². The lowest BCUT2D eigenvalue weighted by atomic mass is 10.1. The number of nitrogens with zero attached hydrogens (tertiary/aromatic N) is 1. The van der Waals surface area contributed by atoms with E-state index in [0.717, 1.165) is 22.0 Å². The third-order valence-corrected chi connectivity index (χ3v) is 5.51. The van der Waals surface area contributed by atoms with Crippen molar-refractivity contribution in [2.75, 3.05) is 13.2 Å². The number of cyclic esters (lactones) is 1. The molecule has 3 rings (SSSR count). The van der Waals surface area contributed by atoms with Crippen molar-refractivity contribution < 1.29 is 19.0 Å². The zero-order valence-electron chi connectivity index (χ0n) is 16.5. The summed E-state index contributed by atoms with van der Waals surface area (Å²) < 4.78 is 17.9. The topological polar surface area (TPSA) is 57.1 Å². The second-order valence-corrected chi connectivity index (χ2v) is 8.43. The van der Waals surface area contributed by atoms with E-state index in [9.17, 15) is 4.79 Å². The van der Waals surface area contributed by atoms with Crippen LogP contribution in [0.3, 0.4) is 0 Å². The van der Waals surface area contributed by atoms with Gasteiger partial charge in [0.25, 0.3) is 0 Å². The minimum atomic E-state index is -0.549. The maximum Gasteiger partial charge on any atom is 0.363 e. The van der Waals surface area contributed by atoms with Gasteiger partial charge in [-0.05, 0) is 77.9 Å². The Bertz CT molecular complexity index is 1020. The van der Waals surface area contributed by atoms with E-state index >= 15 is 0 Å². The molecule has 0 unspecified atom stereocenters. The van der Waals surface area contributed by atoms with Gasteiger partial charge in [0.05, 0.1) is 27.4 Å². The van der Waals surface area contributed by atoms with Crippen molar-refractivity contribution in [2.24, 2.45) is 4.99 Å². The summed E-state index contributed by atoms with van der Waals surface area (Å²) in [5.41, 5.74) is 1.43. The molecular formula is C22H20Cl2INO4. The summed E-state index contributed by atoms with van der Waals surface area (Å²) in [6.45, 7) is 5.14. The third-order valence-electron chi connectivity index (χ3n) is 4.16. The number of halogens is 3. The molecule has 0 amide bonds. The molecule has 0 radical (unpaired) electrons. The van der Waals surface area contributed by atoms with Crippen LogP contribution in [-0.4, -0.2) is 25.1 Å². The lowest BCUT2D eigenvalue weighted by Crippen LogP contribution is -2.06. The van der Waals surface area contributed by atoms with Crippen LogP contribution in [0.2, 0.25) is 10.0 Å². The summed E-state index contributed by atoms with van der Waals surface area (Å²) in [7, 11) is 0. The highest BCUT2D eigenvalue weighted by Crippen LogP contribution is 2.35. The summed E-state index contributed by atoms with van der Waals surface area (Å²) in [6, 6.07) is 8.64. The fourth-order valence-corrected chi connectivity index (χ4v) is 4.01. The van der Waals surface area contributed by atoms with Gasteiger partial charge in [0.1, 0.15) is 0 Å². The normalized spacial score (nSPS) is 14.6. The molecule has 0 fully saturated rings. The predicted octanol–water partition coefficient (Wildman–Crippen LogP) is 6.52. The van der Waals surface area contributed by atoms with Crippen molar-refractivity contribution in [3.05, 3.63) is 60.8 Å². The lowest BCUT2D eigenvalue weighted by Gasteiger charge is -2.14. The predicted molar refractivity (Wildman–Crippen MR) is 128 cm³/mol. The number of unbranched alkanes of at least 4 members (excludes halogenated alkanes) is 1. The molecule has 2 aromatic rings. The van der Waals surface area contributed by atoms with Gasteiger partial charge in [-0.25, -0.2) is 9.79 Å². The Morgan fingerprint density at radius 3 is 2.67 bits per heavy atom. The zero-order chi connectivity index (χ0) is 21.7. The molecule has 30 heavy (non-hydrogen) atoms. The van der Waals surface area contributed by atoms with Crippen molar-refractivity contribution in [1.82, 2.24) is 0 Å². The number of ether oxygens (including phenoxy) is 3. The van der Waals surface area contributed by atoms with E-state index in [4.69, 9.17) is 37.4 Å². The molecule has 0 saturated carbocycles. The van der Waals surface area contributed by atoms with Crippen molar-refractivity contribution >= 4 is 63.7 Å². The molecule has 0 saturated heterocycles. The Balaban J connectivity index is 1.93. The molecule has 158 valence electrons. The van der Waals surface area contributed by atoms with Crippen LogP contribution in [0.5, 0.6) is 11.5 Å². The van der Waals surface area contributed by atoms with Crippen molar-refractivity contribution in [3.63, 3.8) is 0 Å². The summed E-state index contributed by atoms with van der Waals surface area (Å²) in [4.78, 5) is 16.7. The van der Waals surface area contributed by atoms with Crippen LogP contribution < -0.4 is 9.47 Å². The average Bonchev–Trinajstić information content (AvgIpc) is 3.04. The molecule has 2 aromatic carbocycles. The van der Waals surface area contributed by atoms with Crippen LogP contribution in [0, 0.1) is 3.57 Å². The van der Waals surface area contributed by atoms with E-state index in [1.165, 1.54) is 0 Å². The summed E-state index contributed by atoms with van der Waals surface area (Å²) in [6.07, 6.45) is 3.66. The van der Waals surface area contributed by atoms with Crippen LogP contribution in [0.4, 0.5) is 0 Å². The minimum absolute atomic E-state index is 0.146. The van der Waals surface area contributed by atoms with Gasteiger partial charge in [0.2, 0.25) is 5.90 Å². The highest BCUT2D eigenvalue weighted by Gasteiger charge is 2.26. The Kier molecular flexibility index (Phi) is 8.02. The molecular weight excluding hydrogens is 540 g/mol. The Hall–Kier alpha value is -1.77. The number of esters is 1. The fraction of sp³-hybridized carbons (Fsp3) is 0.273. The molecule has 0 spiro atoms. The maximum absolute atomic E-state index is 12.3. The highest BCUT2D eigenvalue weighted by molar-refractivity contribution is 14.1. The number of hydrogen-bond acceptors (Lipinski definition) is 5. The van der Waals surface area contributed by atoms with E-state index in [1.54, 1.807) is 24.3 Å². The second kappa shape index (κ2) is 10.5. The average molecular weight is 560 g/mol. The quantitative estimate of drug-likeness (QED) is 0.160. The summed E-state index contributed by atoms with van der Waals surface area (Å²) in [5, 5.41) is 0.848. The number of rotatable bonds is 8. The van der Waals surface area contributed by atoms with Gasteiger partial charge in [0, 0.05) is 5.02 Å².